The minimum absolute atomic E-state index is 0. The first-order valence-corrected chi connectivity index (χ1v) is 7.97. The molecule has 104 valence electrons. The number of hydrogen-bond donors (Lipinski definition) is 0. The van der Waals surface area contributed by atoms with Crippen LogP contribution in [0, 0.1) is 0 Å². The Morgan fingerprint density at radius 1 is 1.26 bits per heavy atom. The van der Waals surface area contributed by atoms with Crippen molar-refractivity contribution in [2.75, 3.05) is 12.1 Å². The van der Waals surface area contributed by atoms with E-state index in [1.807, 2.05) is 6.92 Å². The standard InChI is InChI=1S/C13H14ClNO2S.ClH/c1-9-7-12(15-13(9)8-14)10-3-5-11(6-4-10)18(2,16)17;/h3-6H,7-8H2,1-2H3;1H. The summed E-state index contributed by atoms with van der Waals surface area (Å²) in [6, 6.07) is 6.81. The predicted molar refractivity (Wildman–Crippen MR) is 81.4 cm³/mol. The van der Waals surface area contributed by atoms with Crippen molar-refractivity contribution in [2.24, 2.45) is 4.99 Å². The molecular formula is C13H15Cl2NO2S. The van der Waals surface area contributed by atoms with Crippen LogP contribution in [0.15, 0.2) is 45.4 Å². The first-order chi connectivity index (χ1) is 8.41. The lowest BCUT2D eigenvalue weighted by molar-refractivity contribution is 0.602. The Morgan fingerprint density at radius 2 is 1.84 bits per heavy atom. The monoisotopic (exact) mass is 319 g/mol. The Bertz CT molecular complexity index is 631. The molecule has 1 aliphatic rings. The highest BCUT2D eigenvalue weighted by Crippen LogP contribution is 2.24. The van der Waals surface area contributed by atoms with Gasteiger partial charge in [-0.2, -0.15) is 0 Å². The van der Waals surface area contributed by atoms with Gasteiger partial charge in [0.2, 0.25) is 0 Å². The highest BCUT2D eigenvalue weighted by molar-refractivity contribution is 7.90. The molecular weight excluding hydrogens is 305 g/mol. The fourth-order valence-electron chi connectivity index (χ4n) is 1.86. The number of rotatable bonds is 3. The summed E-state index contributed by atoms with van der Waals surface area (Å²) in [6.07, 6.45) is 1.98. The summed E-state index contributed by atoms with van der Waals surface area (Å²) in [7, 11) is -3.14. The second-order valence-electron chi connectivity index (χ2n) is 4.39. The van der Waals surface area contributed by atoms with Gasteiger partial charge in [-0.3, -0.25) is 4.99 Å². The number of halogens is 2. The van der Waals surface area contributed by atoms with Gasteiger partial charge in [0, 0.05) is 12.7 Å². The summed E-state index contributed by atoms with van der Waals surface area (Å²) < 4.78 is 22.7. The highest BCUT2D eigenvalue weighted by Gasteiger charge is 2.16. The third kappa shape index (κ3) is 3.59. The zero-order chi connectivity index (χ0) is 13.3. The summed E-state index contributed by atoms with van der Waals surface area (Å²) in [4.78, 5) is 4.79. The van der Waals surface area contributed by atoms with Crippen LogP contribution < -0.4 is 0 Å². The average molecular weight is 320 g/mol. The van der Waals surface area contributed by atoms with Crippen LogP contribution >= 0.6 is 24.0 Å². The summed E-state index contributed by atoms with van der Waals surface area (Å²) in [5.74, 6) is 0.413. The van der Waals surface area contributed by atoms with Crippen LogP contribution in [0.2, 0.25) is 0 Å². The third-order valence-corrected chi connectivity index (χ3v) is 4.32. The molecule has 6 heteroatoms. The van der Waals surface area contributed by atoms with Crippen molar-refractivity contribution in [1.82, 2.24) is 0 Å². The van der Waals surface area contributed by atoms with Gasteiger partial charge < -0.3 is 0 Å². The Balaban J connectivity index is 0.00000180. The topological polar surface area (TPSA) is 46.5 Å². The Morgan fingerprint density at radius 3 is 2.26 bits per heavy atom. The molecule has 0 aromatic heterocycles. The van der Waals surface area contributed by atoms with Crippen molar-refractivity contribution in [3.8, 4) is 0 Å². The van der Waals surface area contributed by atoms with Crippen molar-refractivity contribution < 1.29 is 8.42 Å². The fourth-order valence-corrected chi connectivity index (χ4v) is 2.77. The summed E-state index contributed by atoms with van der Waals surface area (Å²) >= 11 is 5.80. The second-order valence-corrected chi connectivity index (χ2v) is 6.68. The molecule has 19 heavy (non-hydrogen) atoms. The minimum Gasteiger partial charge on any atom is -0.256 e. The Labute approximate surface area is 124 Å². The first kappa shape index (κ1) is 16.2. The lowest BCUT2D eigenvalue weighted by atomic mass is 10.1. The molecule has 3 nitrogen and oxygen atoms in total. The second kappa shape index (κ2) is 6.07. The van der Waals surface area contributed by atoms with Crippen molar-refractivity contribution in [1.29, 1.82) is 0 Å². The van der Waals surface area contributed by atoms with E-state index in [1.54, 1.807) is 24.3 Å². The first-order valence-electron chi connectivity index (χ1n) is 5.54. The molecule has 1 heterocycles. The van der Waals surface area contributed by atoms with Gasteiger partial charge in [0.25, 0.3) is 0 Å². The maximum Gasteiger partial charge on any atom is 0.175 e. The molecule has 0 N–H and O–H groups in total. The van der Waals surface area contributed by atoms with Gasteiger partial charge in [-0.05, 0) is 30.2 Å². The maximum atomic E-state index is 11.4. The number of sulfone groups is 1. The molecule has 1 aromatic rings. The summed E-state index contributed by atoms with van der Waals surface area (Å²) in [6.45, 7) is 2.01. The number of benzene rings is 1. The van der Waals surface area contributed by atoms with Gasteiger partial charge in [-0.25, -0.2) is 8.42 Å². The van der Waals surface area contributed by atoms with Crippen LogP contribution in [0.5, 0.6) is 0 Å². The number of alkyl halides is 1. The van der Waals surface area contributed by atoms with Gasteiger partial charge >= 0.3 is 0 Å². The average Bonchev–Trinajstić information content (AvgIpc) is 2.69. The van der Waals surface area contributed by atoms with Crippen LogP contribution in [0.1, 0.15) is 18.9 Å². The molecule has 2 rings (SSSR count). The summed E-state index contributed by atoms with van der Waals surface area (Å²) in [5.41, 5.74) is 3.98. The van der Waals surface area contributed by atoms with Gasteiger partial charge in [0.15, 0.2) is 9.84 Å². The van der Waals surface area contributed by atoms with E-state index in [4.69, 9.17) is 11.6 Å². The van der Waals surface area contributed by atoms with Gasteiger partial charge in [-0.1, -0.05) is 12.1 Å². The van der Waals surface area contributed by atoms with Gasteiger partial charge in [-0.15, -0.1) is 24.0 Å². The van der Waals surface area contributed by atoms with Crippen molar-refractivity contribution in [2.45, 2.75) is 18.2 Å². The molecule has 0 unspecified atom stereocenters. The van der Waals surface area contributed by atoms with E-state index in [9.17, 15) is 8.42 Å². The van der Waals surface area contributed by atoms with Gasteiger partial charge in [0.05, 0.1) is 22.2 Å². The van der Waals surface area contributed by atoms with E-state index in [0.717, 1.165) is 23.4 Å². The Hall–Kier alpha value is -0.840. The fraction of sp³-hybridized carbons (Fsp3) is 0.308. The lowest BCUT2D eigenvalue weighted by Crippen LogP contribution is -2.00. The smallest absolute Gasteiger partial charge is 0.175 e. The van der Waals surface area contributed by atoms with E-state index in [0.29, 0.717) is 10.8 Å². The largest absolute Gasteiger partial charge is 0.256 e. The van der Waals surface area contributed by atoms with E-state index in [-0.39, 0.29) is 12.4 Å². The molecule has 0 atom stereocenters. The molecule has 0 amide bonds. The molecule has 0 saturated heterocycles. The Kier molecular flexibility index (Phi) is 5.18. The van der Waals surface area contributed by atoms with Crippen LogP contribution in [-0.2, 0) is 9.84 Å². The number of aliphatic imine (C=N–C) groups is 1. The molecule has 1 aliphatic heterocycles. The van der Waals surface area contributed by atoms with Crippen LogP contribution in [0.3, 0.4) is 0 Å². The van der Waals surface area contributed by atoms with Crippen molar-refractivity contribution in [3.63, 3.8) is 0 Å². The van der Waals surface area contributed by atoms with Gasteiger partial charge in [0.1, 0.15) is 0 Å². The molecule has 0 fully saturated rings. The number of allylic oxidation sites excluding steroid dienone is 2. The molecule has 0 spiro atoms. The molecule has 0 aliphatic carbocycles. The number of nitrogens with zero attached hydrogens (tertiary/aromatic N) is 1. The minimum atomic E-state index is -3.14. The maximum absolute atomic E-state index is 11.4. The lowest BCUT2D eigenvalue weighted by Gasteiger charge is -2.03. The quantitative estimate of drug-likeness (QED) is 0.803. The van der Waals surface area contributed by atoms with Crippen molar-refractivity contribution >= 4 is 39.6 Å². The molecule has 0 bridgehead atoms. The third-order valence-electron chi connectivity index (χ3n) is 2.94. The highest BCUT2D eigenvalue weighted by atomic mass is 35.5. The van der Waals surface area contributed by atoms with E-state index in [1.165, 1.54) is 11.8 Å². The predicted octanol–water partition coefficient (Wildman–Crippen LogP) is 3.22. The van der Waals surface area contributed by atoms with Crippen molar-refractivity contribution in [3.05, 3.63) is 41.1 Å². The van der Waals surface area contributed by atoms with Crippen LogP contribution in [0.4, 0.5) is 0 Å². The SMILES string of the molecule is CC1=C(CCl)N=C(c2ccc(S(C)(=O)=O)cc2)C1.Cl. The number of hydrogen-bond acceptors (Lipinski definition) is 3. The zero-order valence-corrected chi connectivity index (χ0v) is 13.1. The van der Waals surface area contributed by atoms with E-state index < -0.39 is 9.84 Å². The molecule has 1 aromatic carbocycles. The van der Waals surface area contributed by atoms with E-state index in [2.05, 4.69) is 4.99 Å². The summed E-state index contributed by atoms with van der Waals surface area (Å²) in [5, 5.41) is 0. The van der Waals surface area contributed by atoms with E-state index >= 15 is 0 Å². The van der Waals surface area contributed by atoms with Crippen LogP contribution in [0.25, 0.3) is 0 Å². The normalized spacial score (nSPS) is 15.2. The molecule has 0 saturated carbocycles. The van der Waals surface area contributed by atoms with Crippen LogP contribution in [-0.4, -0.2) is 26.3 Å². The molecule has 0 radical (unpaired) electrons. The zero-order valence-electron chi connectivity index (χ0n) is 10.7.